The fourth-order valence-electron chi connectivity index (χ4n) is 7.46. The van der Waals surface area contributed by atoms with Gasteiger partial charge in [-0.1, -0.05) is 6.07 Å². The summed E-state index contributed by atoms with van der Waals surface area (Å²) in [7, 11) is 0. The molecule has 4 nitrogen and oxygen atoms in total. The van der Waals surface area contributed by atoms with E-state index in [2.05, 4.69) is 6.07 Å². The molecule has 0 amide bonds. The van der Waals surface area contributed by atoms with E-state index in [0.717, 1.165) is 53.5 Å². The molecule has 34 heavy (non-hydrogen) atoms. The summed E-state index contributed by atoms with van der Waals surface area (Å²) in [5, 5.41) is 10.9. The summed E-state index contributed by atoms with van der Waals surface area (Å²) < 4.78 is 4.94. The van der Waals surface area contributed by atoms with E-state index in [1.165, 1.54) is 64.7 Å². The molecular formula is C29H42LiN3O+2. The van der Waals surface area contributed by atoms with Crippen LogP contribution in [0.5, 0.6) is 0 Å². The van der Waals surface area contributed by atoms with Crippen LogP contribution in [0.15, 0.2) is 36.4 Å². The molecule has 5 aliphatic rings. The van der Waals surface area contributed by atoms with Crippen molar-refractivity contribution in [1.82, 2.24) is 0 Å². The third kappa shape index (κ3) is 5.95. The van der Waals surface area contributed by atoms with Gasteiger partial charge >= 0.3 is 18.9 Å². The van der Waals surface area contributed by atoms with Crippen LogP contribution in [0, 0.1) is 23.2 Å². The Morgan fingerprint density at radius 3 is 2.00 bits per heavy atom. The van der Waals surface area contributed by atoms with E-state index in [-0.39, 0.29) is 18.9 Å². The summed E-state index contributed by atoms with van der Waals surface area (Å²) in [5.41, 5.74) is 0.764. The van der Waals surface area contributed by atoms with Crippen LogP contribution < -0.4 is 28.7 Å². The molecule has 5 heteroatoms. The number of quaternary nitrogens is 2. The molecule has 2 N–H and O–H groups in total. The van der Waals surface area contributed by atoms with Crippen LogP contribution in [0.2, 0.25) is 0 Å². The minimum Gasteiger partial charge on any atom is -0.381 e. The Morgan fingerprint density at radius 1 is 0.824 bits per heavy atom. The Kier molecular flexibility index (Phi) is 9.64. The van der Waals surface area contributed by atoms with E-state index in [1.54, 1.807) is 19.3 Å². The smallest absolute Gasteiger partial charge is 0.381 e. The SMILES string of the molecule is C1CCOC1.C1CC[NH+]2C[C@@H]3C[C@@H](C[NH+]4CCCC[C@@H]34)[C@H]2C1.N#C[c-]1ccc2ccccc21.[Li+]. The maximum atomic E-state index is 8.67. The average Bonchev–Trinajstić information content (AvgIpc) is 3.58. The molecule has 2 aromatic carbocycles. The second kappa shape index (κ2) is 12.7. The van der Waals surface area contributed by atoms with Gasteiger partial charge in [0, 0.05) is 32.1 Å². The van der Waals surface area contributed by atoms with E-state index in [0.29, 0.717) is 0 Å². The number of fused-ring (bicyclic) bond motifs is 7. The number of hydrogen-bond donors (Lipinski definition) is 2. The number of nitriles is 1. The van der Waals surface area contributed by atoms with Gasteiger partial charge in [-0.15, -0.1) is 35.0 Å². The number of benzene rings is 1. The summed E-state index contributed by atoms with van der Waals surface area (Å²) in [6.45, 7) is 8.07. The quantitative estimate of drug-likeness (QED) is 0.425. The monoisotopic (exact) mass is 455 g/mol. The largest absolute Gasteiger partial charge is 1.00 e. The first kappa shape index (κ1) is 25.9. The number of nitrogens with one attached hydrogen (secondary N) is 2. The predicted molar refractivity (Wildman–Crippen MR) is 133 cm³/mol. The van der Waals surface area contributed by atoms with Gasteiger partial charge in [0.2, 0.25) is 0 Å². The zero-order valence-electron chi connectivity index (χ0n) is 21.2. The topological polar surface area (TPSA) is 41.9 Å². The van der Waals surface area contributed by atoms with Crippen molar-refractivity contribution in [1.29, 1.82) is 5.26 Å². The zero-order valence-corrected chi connectivity index (χ0v) is 21.2. The fraction of sp³-hybridized carbons (Fsp3) is 0.655. The van der Waals surface area contributed by atoms with Gasteiger partial charge in [-0.05, 0) is 50.5 Å². The molecule has 2 unspecified atom stereocenters. The van der Waals surface area contributed by atoms with E-state index < -0.39 is 0 Å². The van der Waals surface area contributed by atoms with Gasteiger partial charge in [0.25, 0.3) is 0 Å². The van der Waals surface area contributed by atoms with Crippen molar-refractivity contribution in [3.8, 4) is 6.07 Å². The summed E-state index contributed by atoms with van der Waals surface area (Å²) in [6, 6.07) is 16.0. The molecule has 5 saturated heterocycles. The van der Waals surface area contributed by atoms with Crippen LogP contribution in [-0.4, -0.2) is 51.5 Å². The third-order valence-electron chi connectivity index (χ3n) is 9.00. The van der Waals surface area contributed by atoms with Crippen molar-refractivity contribution < 1.29 is 33.4 Å². The van der Waals surface area contributed by atoms with Crippen molar-refractivity contribution in [2.75, 3.05) is 39.4 Å². The Hall–Kier alpha value is -1.20. The van der Waals surface area contributed by atoms with Gasteiger partial charge in [0.1, 0.15) is 0 Å². The predicted octanol–water partition coefficient (Wildman–Crippen LogP) is -0.258. The van der Waals surface area contributed by atoms with Crippen molar-refractivity contribution in [2.45, 2.75) is 69.9 Å². The molecule has 5 heterocycles. The van der Waals surface area contributed by atoms with Crippen LogP contribution in [0.4, 0.5) is 0 Å². The van der Waals surface area contributed by atoms with E-state index in [9.17, 15) is 0 Å². The Balaban J connectivity index is 0.000000138. The summed E-state index contributed by atoms with van der Waals surface area (Å²) >= 11 is 0. The maximum absolute atomic E-state index is 8.67. The molecule has 0 aliphatic carbocycles. The molecular weight excluding hydrogens is 413 g/mol. The van der Waals surface area contributed by atoms with Crippen LogP contribution in [-0.2, 0) is 4.74 Å². The molecule has 178 valence electrons. The second-order valence-electron chi connectivity index (χ2n) is 11.0. The maximum Gasteiger partial charge on any atom is 1.00 e. The first-order valence-corrected chi connectivity index (χ1v) is 13.6. The van der Waals surface area contributed by atoms with Gasteiger partial charge in [0.15, 0.2) is 0 Å². The van der Waals surface area contributed by atoms with Gasteiger partial charge in [-0.3, -0.25) is 0 Å². The number of hydrogen-bond acceptors (Lipinski definition) is 2. The Labute approximate surface area is 218 Å². The molecule has 0 aromatic heterocycles. The molecule has 5 aliphatic heterocycles. The Morgan fingerprint density at radius 2 is 1.44 bits per heavy atom. The van der Waals surface area contributed by atoms with Crippen molar-refractivity contribution >= 4 is 10.8 Å². The summed E-state index contributed by atoms with van der Waals surface area (Å²) in [4.78, 5) is 4.03. The van der Waals surface area contributed by atoms with E-state index in [1.807, 2.05) is 46.2 Å². The van der Waals surface area contributed by atoms with E-state index >= 15 is 0 Å². The fourth-order valence-corrected chi connectivity index (χ4v) is 7.46. The molecule has 2 bridgehead atoms. The van der Waals surface area contributed by atoms with Crippen molar-refractivity contribution in [2.24, 2.45) is 11.8 Å². The van der Waals surface area contributed by atoms with Crippen molar-refractivity contribution in [3.05, 3.63) is 42.0 Å². The molecule has 0 radical (unpaired) electrons. The molecule has 6 atom stereocenters. The number of piperidine rings is 4. The third-order valence-corrected chi connectivity index (χ3v) is 9.00. The molecule has 0 spiro atoms. The Bertz CT molecular complexity index is 897. The minimum atomic E-state index is 0. The van der Waals surface area contributed by atoms with Crippen LogP contribution in [0.25, 0.3) is 10.8 Å². The summed E-state index contributed by atoms with van der Waals surface area (Å²) in [5.74, 6) is 2.18. The van der Waals surface area contributed by atoms with Gasteiger partial charge in [0.05, 0.1) is 50.1 Å². The zero-order chi connectivity index (χ0) is 22.5. The van der Waals surface area contributed by atoms with Crippen LogP contribution in [0.3, 0.4) is 0 Å². The number of rotatable bonds is 0. The van der Waals surface area contributed by atoms with E-state index in [4.69, 9.17) is 10.00 Å². The van der Waals surface area contributed by atoms with Gasteiger partial charge in [-0.25, -0.2) is 5.26 Å². The van der Waals surface area contributed by atoms with Gasteiger partial charge < -0.3 is 14.5 Å². The summed E-state index contributed by atoms with van der Waals surface area (Å²) in [6.07, 6.45) is 13.3. The van der Waals surface area contributed by atoms with Crippen molar-refractivity contribution in [3.63, 3.8) is 0 Å². The van der Waals surface area contributed by atoms with Crippen LogP contribution >= 0.6 is 0 Å². The molecule has 7 rings (SSSR count). The first-order chi connectivity index (χ1) is 16.3. The second-order valence-corrected chi connectivity index (χ2v) is 11.0. The minimum absolute atomic E-state index is 0. The molecule has 5 fully saturated rings. The molecule has 0 saturated carbocycles. The number of nitrogens with zero attached hydrogens (tertiary/aromatic N) is 1. The normalized spacial score (nSPS) is 33.5. The average molecular weight is 456 g/mol. The first-order valence-electron chi connectivity index (χ1n) is 13.6. The van der Waals surface area contributed by atoms with Gasteiger partial charge in [-0.2, -0.15) is 6.07 Å². The molecule has 2 aromatic rings. The number of ether oxygens (including phenoxy) is 1. The van der Waals surface area contributed by atoms with Crippen LogP contribution in [0.1, 0.15) is 63.4 Å². The standard InChI is InChI=1S/C15H26N2.C10H6N.C4H8O.Li/c1-3-7-16-11-13-9-12(14(16)5-1)10-17-8-4-2-6-15(13)17;11-7-9-6-5-8-3-1-2-4-10(8)9;1-2-4-5-3-1;/h12-15H,1-11H2;1-6H;1-4H2;/q;-1;;+1/p+2/t12-,13-,14-,15+;;;/m0.../s1.